The quantitative estimate of drug-likeness (QED) is 0.586. The van der Waals surface area contributed by atoms with E-state index in [0.717, 1.165) is 5.56 Å². The molecule has 0 spiro atoms. The molecule has 2 N–H and O–H groups in total. The molecule has 0 saturated heterocycles. The lowest BCUT2D eigenvalue weighted by atomic mass is 10.2. The van der Waals surface area contributed by atoms with Crippen molar-refractivity contribution in [1.82, 2.24) is 15.0 Å². The predicted molar refractivity (Wildman–Crippen MR) is 104 cm³/mol. The molecule has 1 aromatic heterocycles. The van der Waals surface area contributed by atoms with Gasteiger partial charge < -0.3 is 19.8 Å². The van der Waals surface area contributed by atoms with Gasteiger partial charge in [-0.2, -0.15) is 0 Å². The van der Waals surface area contributed by atoms with Gasteiger partial charge in [-0.05, 0) is 24.6 Å². The molecule has 0 aliphatic rings. The van der Waals surface area contributed by atoms with Gasteiger partial charge >= 0.3 is 5.97 Å². The number of aliphatic hydroxyl groups is 1. The Balaban J connectivity index is 2.03. The van der Waals surface area contributed by atoms with Crippen LogP contribution in [0.1, 0.15) is 23.0 Å². The van der Waals surface area contributed by atoms with Crippen molar-refractivity contribution in [2.75, 3.05) is 24.7 Å². The molecule has 3 aromatic rings. The number of nitrogens with zero attached hydrogens (tertiary/aromatic N) is 4. The van der Waals surface area contributed by atoms with Gasteiger partial charge in [-0.15, -0.1) is 15.0 Å². The fourth-order valence-corrected chi connectivity index (χ4v) is 2.84. The van der Waals surface area contributed by atoms with E-state index >= 15 is 0 Å². The number of aliphatic hydroxyl groups excluding tert-OH is 1. The number of ether oxygens (including phenoxy) is 1. The number of hydrogen-bond donors (Lipinski definition) is 2. The molecule has 146 valence electrons. The molecule has 0 unspecified atom stereocenters. The largest absolute Gasteiger partial charge is 0.492 e. The number of carboxylic acid groups (broad SMARTS) is 1. The molecular formula is C20H22N4O4. The first-order valence-electron chi connectivity index (χ1n) is 8.96. The zero-order valence-corrected chi connectivity index (χ0v) is 15.5. The molecule has 0 aliphatic carbocycles. The molecule has 1 heterocycles. The van der Waals surface area contributed by atoms with E-state index in [0.29, 0.717) is 24.6 Å². The summed E-state index contributed by atoms with van der Waals surface area (Å²) in [6.07, 6.45) is 0. The van der Waals surface area contributed by atoms with Crippen LogP contribution in [0.2, 0.25) is 0 Å². The van der Waals surface area contributed by atoms with E-state index in [1.54, 1.807) is 23.1 Å². The van der Waals surface area contributed by atoms with Gasteiger partial charge in [0, 0.05) is 13.1 Å². The summed E-state index contributed by atoms with van der Waals surface area (Å²) < 4.78 is 5.60. The number of aromatic nitrogens is 3. The molecule has 0 bridgehead atoms. The highest BCUT2D eigenvalue weighted by Crippen LogP contribution is 2.25. The van der Waals surface area contributed by atoms with Crippen LogP contribution in [0.25, 0.3) is 5.69 Å². The predicted octanol–water partition coefficient (Wildman–Crippen LogP) is 2.36. The van der Waals surface area contributed by atoms with Crippen molar-refractivity contribution in [3.63, 3.8) is 0 Å². The van der Waals surface area contributed by atoms with Crippen LogP contribution in [0.15, 0.2) is 54.6 Å². The smallest absolute Gasteiger partial charge is 0.360 e. The fourth-order valence-electron chi connectivity index (χ4n) is 2.84. The van der Waals surface area contributed by atoms with Crippen molar-refractivity contribution in [1.29, 1.82) is 0 Å². The van der Waals surface area contributed by atoms with Gasteiger partial charge in [-0.1, -0.05) is 42.5 Å². The van der Waals surface area contributed by atoms with E-state index in [-0.39, 0.29) is 24.7 Å². The van der Waals surface area contributed by atoms with E-state index in [2.05, 4.69) is 10.2 Å². The van der Waals surface area contributed by atoms with E-state index in [9.17, 15) is 15.0 Å². The maximum Gasteiger partial charge on any atom is 0.360 e. The first-order chi connectivity index (χ1) is 13.6. The van der Waals surface area contributed by atoms with Gasteiger partial charge in [-0.25, -0.2) is 4.79 Å². The average molecular weight is 382 g/mol. The van der Waals surface area contributed by atoms with Crippen molar-refractivity contribution < 1.29 is 19.7 Å². The molecule has 8 nitrogen and oxygen atoms in total. The van der Waals surface area contributed by atoms with Crippen molar-refractivity contribution in [2.24, 2.45) is 0 Å². The minimum absolute atomic E-state index is 0.145. The normalized spacial score (nSPS) is 10.6. The number of anilines is 1. The number of carboxylic acids is 1. The summed E-state index contributed by atoms with van der Waals surface area (Å²) in [6.45, 7) is 2.80. The molecule has 0 saturated carbocycles. The lowest BCUT2D eigenvalue weighted by molar-refractivity contribution is 0.0690. The molecule has 28 heavy (non-hydrogen) atoms. The Morgan fingerprint density at radius 3 is 2.50 bits per heavy atom. The maximum absolute atomic E-state index is 11.8. The molecule has 0 radical (unpaired) electrons. The number of para-hydroxylation sites is 2. The SMILES string of the molecule is CCOc1ccccc1-n1nc(C(=O)O)c(N(CCO)Cc2ccccc2)n1. The van der Waals surface area contributed by atoms with Crippen molar-refractivity contribution in [3.8, 4) is 11.4 Å². The first-order valence-corrected chi connectivity index (χ1v) is 8.96. The molecular weight excluding hydrogens is 360 g/mol. The van der Waals surface area contributed by atoms with Gasteiger partial charge in [0.1, 0.15) is 11.4 Å². The second kappa shape index (κ2) is 9.01. The lowest BCUT2D eigenvalue weighted by Crippen LogP contribution is -2.28. The Morgan fingerprint density at radius 1 is 1.11 bits per heavy atom. The van der Waals surface area contributed by atoms with Crippen LogP contribution < -0.4 is 9.64 Å². The number of carbonyl (C=O) groups is 1. The van der Waals surface area contributed by atoms with Crippen LogP contribution in [0.3, 0.4) is 0 Å². The third-order valence-electron chi connectivity index (χ3n) is 4.06. The van der Waals surface area contributed by atoms with Gasteiger partial charge in [0.05, 0.1) is 13.2 Å². The van der Waals surface area contributed by atoms with Gasteiger partial charge in [0.15, 0.2) is 5.82 Å². The number of rotatable bonds is 9. The van der Waals surface area contributed by atoms with E-state index in [1.807, 2.05) is 43.3 Å². The topological polar surface area (TPSA) is 101 Å². The first kappa shape index (κ1) is 19.4. The third kappa shape index (κ3) is 4.29. The Labute approximate surface area is 162 Å². The van der Waals surface area contributed by atoms with Gasteiger partial charge in [0.2, 0.25) is 5.69 Å². The molecule has 0 aliphatic heterocycles. The number of benzene rings is 2. The van der Waals surface area contributed by atoms with E-state index in [4.69, 9.17) is 4.74 Å². The summed E-state index contributed by atoms with van der Waals surface area (Å²) in [4.78, 5) is 14.8. The monoisotopic (exact) mass is 382 g/mol. The summed E-state index contributed by atoms with van der Waals surface area (Å²) in [7, 11) is 0. The lowest BCUT2D eigenvalue weighted by Gasteiger charge is -2.21. The molecule has 0 fully saturated rings. The highest BCUT2D eigenvalue weighted by Gasteiger charge is 2.24. The third-order valence-corrected chi connectivity index (χ3v) is 4.06. The molecule has 0 amide bonds. The molecule has 2 aromatic carbocycles. The van der Waals surface area contributed by atoms with Crippen LogP contribution in [0, 0.1) is 0 Å². The summed E-state index contributed by atoms with van der Waals surface area (Å²) in [5.41, 5.74) is 1.33. The van der Waals surface area contributed by atoms with Gasteiger partial charge in [0.25, 0.3) is 0 Å². The Kier molecular flexibility index (Phi) is 6.23. The van der Waals surface area contributed by atoms with E-state index in [1.165, 1.54) is 4.80 Å². The van der Waals surface area contributed by atoms with Crippen LogP contribution in [0.4, 0.5) is 5.82 Å². The van der Waals surface area contributed by atoms with Crippen LogP contribution in [-0.4, -0.2) is 50.9 Å². The second-order valence-electron chi connectivity index (χ2n) is 6.00. The van der Waals surface area contributed by atoms with Crippen LogP contribution in [0.5, 0.6) is 5.75 Å². The van der Waals surface area contributed by atoms with Gasteiger partial charge in [-0.3, -0.25) is 0 Å². The molecule has 8 heteroatoms. The Hall–Kier alpha value is -3.39. The van der Waals surface area contributed by atoms with Crippen molar-refractivity contribution in [2.45, 2.75) is 13.5 Å². The highest BCUT2D eigenvalue weighted by molar-refractivity contribution is 5.91. The minimum Gasteiger partial charge on any atom is -0.492 e. The summed E-state index contributed by atoms with van der Waals surface area (Å²) in [5, 5.41) is 27.7. The Bertz CT molecular complexity index is 927. The number of aromatic carboxylic acids is 1. The zero-order valence-electron chi connectivity index (χ0n) is 15.5. The van der Waals surface area contributed by atoms with Crippen LogP contribution >= 0.6 is 0 Å². The standard InChI is InChI=1S/C20H22N4O4/c1-2-28-17-11-7-6-10-16(17)24-21-18(20(26)27)19(22-24)23(12-13-25)14-15-8-4-3-5-9-15/h3-11,25H,2,12-14H2,1H3,(H,26,27). The Morgan fingerprint density at radius 2 is 1.82 bits per heavy atom. The summed E-state index contributed by atoms with van der Waals surface area (Å²) in [5.74, 6) is -0.442. The maximum atomic E-state index is 11.8. The fraction of sp³-hybridized carbons (Fsp3) is 0.250. The summed E-state index contributed by atoms with van der Waals surface area (Å²) >= 11 is 0. The highest BCUT2D eigenvalue weighted by atomic mass is 16.5. The second-order valence-corrected chi connectivity index (χ2v) is 6.00. The van der Waals surface area contributed by atoms with Crippen LogP contribution in [-0.2, 0) is 6.54 Å². The van der Waals surface area contributed by atoms with E-state index < -0.39 is 5.97 Å². The van der Waals surface area contributed by atoms with Crippen molar-refractivity contribution in [3.05, 3.63) is 65.9 Å². The molecule has 0 atom stereocenters. The van der Waals surface area contributed by atoms with Crippen molar-refractivity contribution >= 4 is 11.8 Å². The molecule has 3 rings (SSSR count). The zero-order chi connectivity index (χ0) is 19.9. The minimum atomic E-state index is -1.19. The average Bonchev–Trinajstić information content (AvgIpc) is 3.15. The number of hydrogen-bond acceptors (Lipinski definition) is 6. The summed E-state index contributed by atoms with van der Waals surface area (Å²) in [6, 6.07) is 16.7.